The number of ether oxygens (including phenoxy) is 1. The van der Waals surface area contributed by atoms with Gasteiger partial charge < -0.3 is 4.74 Å². The van der Waals surface area contributed by atoms with Crippen molar-refractivity contribution in [3.63, 3.8) is 0 Å². The maximum absolute atomic E-state index is 13.5. The van der Waals surface area contributed by atoms with E-state index >= 15 is 0 Å². The van der Waals surface area contributed by atoms with Crippen LogP contribution in [0, 0.1) is 0 Å². The van der Waals surface area contributed by atoms with Gasteiger partial charge in [0.05, 0.1) is 11.4 Å². The number of benzene rings is 3. The van der Waals surface area contributed by atoms with E-state index < -0.39 is 0 Å². The third-order valence-corrected chi connectivity index (χ3v) is 6.66. The highest BCUT2D eigenvalue weighted by Crippen LogP contribution is 2.32. The molecule has 6 nitrogen and oxygen atoms in total. The number of hydrogen-bond donors (Lipinski definition) is 1. The van der Waals surface area contributed by atoms with Gasteiger partial charge in [-0.3, -0.25) is 10.2 Å². The fourth-order valence-electron chi connectivity index (χ4n) is 4.24. The number of rotatable bonds is 7. The average molecular weight is 533 g/mol. The second-order valence-corrected chi connectivity index (χ2v) is 9.69. The Morgan fingerprint density at radius 3 is 1.95 bits per heavy atom. The normalized spacial score (nSPS) is 13.8. The lowest BCUT2D eigenvalue weighted by molar-refractivity contribution is 0.0741. The van der Waals surface area contributed by atoms with E-state index in [1.54, 1.807) is 24.3 Å². The van der Waals surface area contributed by atoms with Crippen LogP contribution in [0.3, 0.4) is 0 Å². The van der Waals surface area contributed by atoms with Gasteiger partial charge in [-0.05, 0) is 49.2 Å². The first-order valence-corrected chi connectivity index (χ1v) is 13.0. The molecule has 1 aromatic heterocycles. The number of amides is 1. The molecule has 0 spiro atoms. The summed E-state index contributed by atoms with van der Waals surface area (Å²) in [5, 5.41) is 3.18. The topological polar surface area (TPSA) is 67.4 Å². The molecule has 188 valence electrons. The first-order chi connectivity index (χ1) is 18.1. The molecule has 1 amide bonds. The van der Waals surface area contributed by atoms with Crippen molar-refractivity contribution < 1.29 is 9.53 Å². The Bertz CT molecular complexity index is 1360. The van der Waals surface area contributed by atoms with Gasteiger partial charge in [0.25, 0.3) is 5.91 Å². The van der Waals surface area contributed by atoms with Crippen molar-refractivity contribution in [3.8, 4) is 28.3 Å². The minimum Gasteiger partial charge on any atom is -0.487 e. The van der Waals surface area contributed by atoms with E-state index in [4.69, 9.17) is 37.9 Å². The standard InChI is InChI=1S/C29H26Cl2N4O2/c30-22-13-9-20(10-14-22)26-27(21-11-15-23(31)16-12-21)33-28(29(36)34-35-17-5-2-6-18-35)25(32-26)19-37-24-7-3-1-4-8-24/h1,3-4,7-16H,2,5-6,17-19H2,(H,34,36). The smallest absolute Gasteiger partial charge is 0.286 e. The predicted octanol–water partition coefficient (Wildman–Crippen LogP) is 6.83. The molecule has 1 aliphatic rings. The highest BCUT2D eigenvalue weighted by atomic mass is 35.5. The van der Waals surface area contributed by atoms with Crippen LogP contribution in [-0.4, -0.2) is 34.0 Å². The Labute approximate surface area is 226 Å². The van der Waals surface area contributed by atoms with Crippen LogP contribution in [0.5, 0.6) is 5.75 Å². The molecule has 0 unspecified atom stereocenters. The van der Waals surface area contributed by atoms with Gasteiger partial charge in [-0.2, -0.15) is 0 Å². The van der Waals surface area contributed by atoms with E-state index in [9.17, 15) is 4.79 Å². The van der Waals surface area contributed by atoms with Gasteiger partial charge in [0, 0.05) is 34.3 Å². The van der Waals surface area contributed by atoms with Crippen molar-refractivity contribution in [3.05, 3.63) is 100 Å². The fourth-order valence-corrected chi connectivity index (χ4v) is 4.49. The maximum Gasteiger partial charge on any atom is 0.286 e. The Morgan fingerprint density at radius 2 is 1.35 bits per heavy atom. The summed E-state index contributed by atoms with van der Waals surface area (Å²) < 4.78 is 6.01. The quantitative estimate of drug-likeness (QED) is 0.282. The number of nitrogens with one attached hydrogen (secondary N) is 1. The second kappa shape index (κ2) is 11.7. The zero-order valence-electron chi connectivity index (χ0n) is 20.2. The van der Waals surface area contributed by atoms with E-state index in [0.29, 0.717) is 32.9 Å². The number of nitrogens with zero attached hydrogens (tertiary/aromatic N) is 3. The highest BCUT2D eigenvalue weighted by Gasteiger charge is 2.24. The number of hydrazine groups is 1. The van der Waals surface area contributed by atoms with Crippen molar-refractivity contribution in [2.24, 2.45) is 0 Å². The molecule has 1 fully saturated rings. The minimum atomic E-state index is -0.307. The molecular weight excluding hydrogens is 507 g/mol. The van der Waals surface area contributed by atoms with Crippen LogP contribution < -0.4 is 10.2 Å². The molecule has 1 aliphatic heterocycles. The molecule has 4 aromatic rings. The van der Waals surface area contributed by atoms with Gasteiger partial charge in [0.15, 0.2) is 5.69 Å². The molecule has 0 bridgehead atoms. The Kier molecular flexibility index (Phi) is 7.99. The highest BCUT2D eigenvalue weighted by molar-refractivity contribution is 6.31. The van der Waals surface area contributed by atoms with Crippen LogP contribution in [0.15, 0.2) is 78.9 Å². The average Bonchev–Trinajstić information content (AvgIpc) is 2.93. The minimum absolute atomic E-state index is 0.0846. The lowest BCUT2D eigenvalue weighted by atomic mass is 10.0. The number of hydrogen-bond acceptors (Lipinski definition) is 5. The van der Waals surface area contributed by atoms with Crippen LogP contribution >= 0.6 is 23.2 Å². The maximum atomic E-state index is 13.5. The van der Waals surface area contributed by atoms with Gasteiger partial charge in [0.1, 0.15) is 18.1 Å². The predicted molar refractivity (Wildman–Crippen MR) is 147 cm³/mol. The van der Waals surface area contributed by atoms with Crippen LogP contribution in [0.4, 0.5) is 0 Å². The van der Waals surface area contributed by atoms with Crippen molar-refractivity contribution in [2.45, 2.75) is 25.9 Å². The first-order valence-electron chi connectivity index (χ1n) is 12.2. The zero-order chi connectivity index (χ0) is 25.6. The third-order valence-electron chi connectivity index (χ3n) is 6.15. The van der Waals surface area contributed by atoms with Crippen LogP contribution in [0.25, 0.3) is 22.5 Å². The second-order valence-electron chi connectivity index (χ2n) is 8.82. The van der Waals surface area contributed by atoms with Crippen LogP contribution in [0.1, 0.15) is 35.4 Å². The molecule has 8 heteroatoms. The van der Waals surface area contributed by atoms with Gasteiger partial charge in [-0.25, -0.2) is 15.0 Å². The van der Waals surface area contributed by atoms with Crippen LogP contribution in [-0.2, 0) is 6.61 Å². The van der Waals surface area contributed by atoms with Gasteiger partial charge >= 0.3 is 0 Å². The van der Waals surface area contributed by atoms with Gasteiger partial charge in [-0.15, -0.1) is 0 Å². The summed E-state index contributed by atoms with van der Waals surface area (Å²) in [6.45, 7) is 1.70. The molecule has 0 aliphatic carbocycles. The molecule has 0 saturated carbocycles. The molecular formula is C29H26Cl2N4O2. The summed E-state index contributed by atoms with van der Waals surface area (Å²) in [7, 11) is 0. The molecule has 1 N–H and O–H groups in total. The summed E-state index contributed by atoms with van der Waals surface area (Å²) in [5.41, 5.74) is 6.52. The van der Waals surface area contributed by atoms with E-state index in [1.807, 2.05) is 59.6 Å². The first kappa shape index (κ1) is 25.2. The lowest BCUT2D eigenvalue weighted by Crippen LogP contribution is -2.45. The number of piperidine rings is 1. The van der Waals surface area contributed by atoms with Crippen molar-refractivity contribution >= 4 is 29.1 Å². The van der Waals surface area contributed by atoms with Crippen molar-refractivity contribution in [1.29, 1.82) is 0 Å². The zero-order valence-corrected chi connectivity index (χ0v) is 21.7. The number of halogens is 2. The number of carbonyl (C=O) groups excluding carboxylic acids is 1. The Hall–Kier alpha value is -3.45. The largest absolute Gasteiger partial charge is 0.487 e. The monoisotopic (exact) mass is 532 g/mol. The molecule has 1 saturated heterocycles. The molecule has 3 aromatic carbocycles. The summed E-state index contributed by atoms with van der Waals surface area (Å²) in [6, 6.07) is 24.2. The Balaban J connectivity index is 1.60. The summed E-state index contributed by atoms with van der Waals surface area (Å²) >= 11 is 12.3. The molecule has 2 heterocycles. The fraction of sp³-hybridized carbons (Fsp3) is 0.207. The van der Waals surface area contributed by atoms with E-state index in [1.165, 1.54) is 6.42 Å². The Morgan fingerprint density at radius 1 is 0.784 bits per heavy atom. The van der Waals surface area contributed by atoms with Crippen molar-refractivity contribution in [2.75, 3.05) is 13.1 Å². The van der Waals surface area contributed by atoms with Gasteiger partial charge in [-0.1, -0.05) is 72.1 Å². The lowest BCUT2D eigenvalue weighted by Gasteiger charge is -2.27. The number of para-hydroxylation sites is 1. The van der Waals surface area contributed by atoms with E-state index in [0.717, 1.165) is 37.1 Å². The molecule has 0 atom stereocenters. The summed E-state index contributed by atoms with van der Waals surface area (Å²) in [4.78, 5) is 23.4. The number of aromatic nitrogens is 2. The summed E-state index contributed by atoms with van der Waals surface area (Å²) in [5.74, 6) is 0.375. The van der Waals surface area contributed by atoms with Crippen LogP contribution in [0.2, 0.25) is 10.0 Å². The molecule has 37 heavy (non-hydrogen) atoms. The molecule has 0 radical (unpaired) electrons. The third kappa shape index (κ3) is 6.28. The van der Waals surface area contributed by atoms with E-state index in [2.05, 4.69) is 5.43 Å². The van der Waals surface area contributed by atoms with Crippen molar-refractivity contribution in [1.82, 2.24) is 20.4 Å². The molecule has 5 rings (SSSR count). The van der Waals surface area contributed by atoms with E-state index in [-0.39, 0.29) is 18.2 Å². The number of carbonyl (C=O) groups is 1. The summed E-state index contributed by atoms with van der Waals surface area (Å²) in [6.07, 6.45) is 3.25. The SMILES string of the molecule is O=C(NN1CCCCC1)c1nc(-c2ccc(Cl)cc2)c(-c2ccc(Cl)cc2)nc1COc1ccccc1. The van der Waals surface area contributed by atoms with Gasteiger partial charge in [0.2, 0.25) is 0 Å².